The summed E-state index contributed by atoms with van der Waals surface area (Å²) in [5.41, 5.74) is 2.73. The first kappa shape index (κ1) is 22.3. The number of para-hydroxylation sites is 1. The van der Waals surface area contributed by atoms with Gasteiger partial charge in [-0.05, 0) is 67.9 Å². The summed E-state index contributed by atoms with van der Waals surface area (Å²) in [4.78, 5) is 24.1. The highest BCUT2D eigenvalue weighted by molar-refractivity contribution is 7.80. The molecule has 3 rings (SSSR count). The van der Waals surface area contributed by atoms with Crippen LogP contribution in [0.15, 0.2) is 42.0 Å². The molecule has 0 saturated carbocycles. The zero-order valence-electron chi connectivity index (χ0n) is 17.6. The van der Waals surface area contributed by atoms with E-state index in [0.29, 0.717) is 36.9 Å². The smallest absolute Gasteiger partial charge is 0.263 e. The van der Waals surface area contributed by atoms with E-state index >= 15 is 0 Å². The lowest BCUT2D eigenvalue weighted by atomic mass is 10.1. The Kier molecular flexibility index (Phi) is 7.25. The Labute approximate surface area is 186 Å². The van der Waals surface area contributed by atoms with E-state index in [1.807, 2.05) is 39.0 Å². The van der Waals surface area contributed by atoms with Gasteiger partial charge >= 0.3 is 0 Å². The molecule has 0 atom stereocenters. The number of carbonyl (C=O) groups excluding carboxylic acids is 2. The molecule has 31 heavy (non-hydrogen) atoms. The molecule has 2 amide bonds. The van der Waals surface area contributed by atoms with Crippen LogP contribution < -0.4 is 24.8 Å². The van der Waals surface area contributed by atoms with E-state index in [1.165, 1.54) is 6.08 Å². The van der Waals surface area contributed by atoms with Crippen molar-refractivity contribution >= 4 is 35.2 Å². The minimum absolute atomic E-state index is 0.00554. The molecular weight excluding hydrogens is 416 g/mol. The van der Waals surface area contributed by atoms with E-state index in [1.54, 1.807) is 18.2 Å². The van der Waals surface area contributed by atoms with Crippen molar-refractivity contribution in [2.75, 3.05) is 19.8 Å². The van der Waals surface area contributed by atoms with Gasteiger partial charge in [0.2, 0.25) is 0 Å². The van der Waals surface area contributed by atoms with E-state index in [0.717, 1.165) is 16.9 Å². The van der Waals surface area contributed by atoms with E-state index in [4.69, 9.17) is 26.4 Å². The van der Waals surface area contributed by atoms with Crippen molar-refractivity contribution in [1.82, 2.24) is 10.6 Å². The fourth-order valence-corrected chi connectivity index (χ4v) is 3.28. The molecule has 2 aromatic rings. The molecule has 0 spiro atoms. The van der Waals surface area contributed by atoms with Crippen molar-refractivity contribution < 1.29 is 23.8 Å². The Bertz CT molecular complexity index is 1010. The summed E-state index contributed by atoms with van der Waals surface area (Å²) in [7, 11) is 0. The first-order chi connectivity index (χ1) is 14.9. The minimum atomic E-state index is -0.546. The first-order valence-electron chi connectivity index (χ1n) is 9.86. The lowest BCUT2D eigenvalue weighted by Gasteiger charge is -2.17. The molecule has 1 fully saturated rings. The van der Waals surface area contributed by atoms with Crippen molar-refractivity contribution in [2.24, 2.45) is 0 Å². The average Bonchev–Trinajstić information content (AvgIpc) is 2.71. The summed E-state index contributed by atoms with van der Waals surface area (Å²) < 4.78 is 17.4. The molecule has 0 bridgehead atoms. The molecule has 162 valence electrons. The zero-order chi connectivity index (χ0) is 22.4. The molecule has 1 aliphatic heterocycles. The summed E-state index contributed by atoms with van der Waals surface area (Å²) >= 11 is 4.81. The van der Waals surface area contributed by atoms with Crippen LogP contribution in [0.5, 0.6) is 17.2 Å². The first-order valence-corrected chi connectivity index (χ1v) is 10.3. The standard InChI is InChI=1S/C23H24N2O5S/c1-4-28-19-13-16(12-17-21(26)24-23(31)25-22(17)27)8-9-18(19)29-10-11-30-20-14(2)6-5-7-15(20)3/h5-9,12-13H,4,10-11H2,1-3H3,(H2,24,25,26,27,31). The average molecular weight is 441 g/mol. The number of aryl methyl sites for hydroxylation is 2. The van der Waals surface area contributed by atoms with Gasteiger partial charge < -0.3 is 14.2 Å². The minimum Gasteiger partial charge on any atom is -0.490 e. The maximum Gasteiger partial charge on any atom is 0.263 e. The molecule has 1 saturated heterocycles. The second-order valence-corrected chi connectivity index (χ2v) is 7.26. The number of ether oxygens (including phenoxy) is 3. The van der Waals surface area contributed by atoms with E-state index in [-0.39, 0.29) is 10.7 Å². The second kappa shape index (κ2) is 10.1. The number of nitrogens with one attached hydrogen (secondary N) is 2. The quantitative estimate of drug-likeness (QED) is 0.284. The lowest BCUT2D eigenvalue weighted by Crippen LogP contribution is -2.51. The topological polar surface area (TPSA) is 85.9 Å². The molecule has 0 aromatic heterocycles. The fourth-order valence-electron chi connectivity index (χ4n) is 3.10. The molecule has 2 N–H and O–H groups in total. The highest BCUT2D eigenvalue weighted by Crippen LogP contribution is 2.30. The van der Waals surface area contributed by atoms with E-state index in [2.05, 4.69) is 10.6 Å². The Morgan fingerprint density at radius 3 is 2.19 bits per heavy atom. The number of thiocarbonyl (C=S) groups is 1. The Balaban J connectivity index is 1.69. The van der Waals surface area contributed by atoms with Gasteiger partial charge in [-0.2, -0.15) is 0 Å². The summed E-state index contributed by atoms with van der Waals surface area (Å²) in [5.74, 6) is 0.830. The van der Waals surface area contributed by atoms with Gasteiger partial charge in [-0.25, -0.2) is 0 Å². The summed E-state index contributed by atoms with van der Waals surface area (Å²) in [5, 5.41) is 4.81. The normalized spacial score (nSPS) is 13.4. The predicted molar refractivity (Wildman–Crippen MR) is 121 cm³/mol. The van der Waals surface area contributed by atoms with Crippen LogP contribution in [-0.2, 0) is 9.59 Å². The van der Waals surface area contributed by atoms with Crippen LogP contribution in [0, 0.1) is 13.8 Å². The van der Waals surface area contributed by atoms with Crippen LogP contribution in [0.25, 0.3) is 6.08 Å². The van der Waals surface area contributed by atoms with Gasteiger partial charge in [0, 0.05) is 0 Å². The van der Waals surface area contributed by atoms with Gasteiger partial charge in [-0.1, -0.05) is 24.3 Å². The van der Waals surface area contributed by atoms with Crippen LogP contribution in [0.3, 0.4) is 0 Å². The van der Waals surface area contributed by atoms with Crippen molar-refractivity contribution in [1.29, 1.82) is 0 Å². The molecule has 1 heterocycles. The van der Waals surface area contributed by atoms with Crippen molar-refractivity contribution in [2.45, 2.75) is 20.8 Å². The highest BCUT2D eigenvalue weighted by atomic mass is 32.1. The SMILES string of the molecule is CCOc1cc(C=C2C(=O)NC(=S)NC2=O)ccc1OCCOc1c(C)cccc1C. The predicted octanol–water partition coefficient (Wildman–Crippen LogP) is 3.07. The molecule has 8 heteroatoms. The molecular formula is C23H24N2O5S. The Hall–Kier alpha value is -3.39. The van der Waals surface area contributed by atoms with Gasteiger partial charge in [-0.3, -0.25) is 20.2 Å². The van der Waals surface area contributed by atoms with Crippen LogP contribution in [0.4, 0.5) is 0 Å². The van der Waals surface area contributed by atoms with Crippen molar-refractivity contribution in [3.8, 4) is 17.2 Å². The lowest BCUT2D eigenvalue weighted by molar-refractivity contribution is -0.123. The van der Waals surface area contributed by atoms with Gasteiger partial charge in [0.25, 0.3) is 11.8 Å². The summed E-state index contributed by atoms with van der Waals surface area (Å²) in [6.45, 7) is 7.01. The van der Waals surface area contributed by atoms with Crippen LogP contribution in [-0.4, -0.2) is 36.7 Å². The highest BCUT2D eigenvalue weighted by Gasteiger charge is 2.25. The van der Waals surface area contributed by atoms with Crippen molar-refractivity contribution in [3.05, 3.63) is 58.7 Å². The molecule has 0 unspecified atom stereocenters. The number of benzene rings is 2. The van der Waals surface area contributed by atoms with Gasteiger partial charge in [0.05, 0.1) is 6.61 Å². The monoisotopic (exact) mass is 440 g/mol. The molecule has 0 radical (unpaired) electrons. The number of hydrogen-bond donors (Lipinski definition) is 2. The van der Waals surface area contributed by atoms with E-state index < -0.39 is 11.8 Å². The molecule has 1 aliphatic rings. The van der Waals surface area contributed by atoms with Gasteiger partial charge in [-0.15, -0.1) is 0 Å². The van der Waals surface area contributed by atoms with Crippen LogP contribution >= 0.6 is 12.2 Å². The maximum absolute atomic E-state index is 12.0. The zero-order valence-corrected chi connectivity index (χ0v) is 18.4. The number of carbonyl (C=O) groups is 2. The Morgan fingerprint density at radius 1 is 0.903 bits per heavy atom. The fraction of sp³-hybridized carbons (Fsp3) is 0.261. The summed E-state index contributed by atoms with van der Waals surface area (Å²) in [6, 6.07) is 11.2. The van der Waals surface area contributed by atoms with Gasteiger partial charge in [0.1, 0.15) is 24.5 Å². The number of hydrogen-bond acceptors (Lipinski definition) is 6. The third-order valence-corrected chi connectivity index (χ3v) is 4.72. The van der Waals surface area contributed by atoms with Crippen LogP contribution in [0.1, 0.15) is 23.6 Å². The number of rotatable bonds is 8. The van der Waals surface area contributed by atoms with E-state index in [9.17, 15) is 9.59 Å². The third kappa shape index (κ3) is 5.61. The Morgan fingerprint density at radius 2 is 1.55 bits per heavy atom. The largest absolute Gasteiger partial charge is 0.490 e. The van der Waals surface area contributed by atoms with Gasteiger partial charge in [0.15, 0.2) is 16.6 Å². The second-order valence-electron chi connectivity index (χ2n) is 6.85. The van der Waals surface area contributed by atoms with Crippen LogP contribution in [0.2, 0.25) is 0 Å². The summed E-state index contributed by atoms with van der Waals surface area (Å²) in [6.07, 6.45) is 1.48. The molecule has 7 nitrogen and oxygen atoms in total. The third-order valence-electron chi connectivity index (χ3n) is 4.52. The van der Waals surface area contributed by atoms with Crippen molar-refractivity contribution in [3.63, 3.8) is 0 Å². The number of amides is 2. The molecule has 2 aromatic carbocycles. The molecule has 0 aliphatic carbocycles. The maximum atomic E-state index is 12.0.